The van der Waals surface area contributed by atoms with Crippen LogP contribution in [0.25, 0.3) is 6.08 Å². The summed E-state index contributed by atoms with van der Waals surface area (Å²) in [5.74, 6) is 0. The first kappa shape index (κ1) is 13.8. The molecule has 1 N–H and O–H groups in total. The molecule has 0 unspecified atom stereocenters. The summed E-state index contributed by atoms with van der Waals surface area (Å²) in [4.78, 5) is 0. The van der Waals surface area contributed by atoms with Crippen molar-refractivity contribution in [2.24, 2.45) is 5.16 Å². The van der Waals surface area contributed by atoms with Crippen LogP contribution in [0.2, 0.25) is 5.02 Å². The number of oxime groups is 1. The highest BCUT2D eigenvalue weighted by atomic mass is 79.9. The summed E-state index contributed by atoms with van der Waals surface area (Å²) < 4.78 is 1.03. The van der Waals surface area contributed by atoms with Crippen molar-refractivity contribution < 1.29 is 5.21 Å². The van der Waals surface area contributed by atoms with E-state index in [1.54, 1.807) is 18.2 Å². The summed E-state index contributed by atoms with van der Waals surface area (Å²) in [6.07, 6.45) is 3.64. The summed E-state index contributed by atoms with van der Waals surface area (Å²) in [5, 5.41) is 13.0. The summed E-state index contributed by atoms with van der Waals surface area (Å²) >= 11 is 9.20. The first-order chi connectivity index (χ1) is 9.19. The van der Waals surface area contributed by atoms with Crippen LogP contribution < -0.4 is 0 Å². The number of rotatable bonds is 3. The van der Waals surface area contributed by atoms with E-state index in [0.717, 1.165) is 15.6 Å². The van der Waals surface area contributed by atoms with E-state index in [2.05, 4.69) is 21.1 Å². The maximum absolute atomic E-state index is 9.07. The number of hydrogen-bond donors (Lipinski definition) is 1. The molecule has 0 fully saturated rings. The lowest BCUT2D eigenvalue weighted by molar-refractivity contribution is 0.320. The first-order valence-corrected chi connectivity index (χ1v) is 6.78. The van der Waals surface area contributed by atoms with E-state index >= 15 is 0 Å². The summed E-state index contributed by atoms with van der Waals surface area (Å²) in [6.45, 7) is 0. The predicted octanol–water partition coefficient (Wildman–Crippen LogP) is 4.99. The average molecular weight is 337 g/mol. The number of hydrogen-bond acceptors (Lipinski definition) is 2. The van der Waals surface area contributed by atoms with Crippen molar-refractivity contribution >= 4 is 39.3 Å². The van der Waals surface area contributed by atoms with Gasteiger partial charge in [-0.05, 0) is 35.9 Å². The van der Waals surface area contributed by atoms with Gasteiger partial charge >= 0.3 is 0 Å². The molecule has 96 valence electrons. The highest BCUT2D eigenvalue weighted by Gasteiger charge is 2.00. The van der Waals surface area contributed by atoms with Gasteiger partial charge < -0.3 is 5.21 Å². The average Bonchev–Trinajstić information content (AvgIpc) is 2.43. The molecular weight excluding hydrogens is 326 g/mol. The zero-order valence-corrected chi connectivity index (χ0v) is 12.3. The molecular formula is C15H11BrClNO. The van der Waals surface area contributed by atoms with Crippen molar-refractivity contribution in [1.29, 1.82) is 0 Å². The summed E-state index contributed by atoms with van der Waals surface area (Å²) in [6, 6.07) is 15.0. The molecule has 0 heterocycles. The number of benzene rings is 2. The Labute approximate surface area is 125 Å². The van der Waals surface area contributed by atoms with E-state index in [-0.39, 0.29) is 0 Å². The minimum atomic E-state index is 0.486. The summed E-state index contributed by atoms with van der Waals surface area (Å²) in [7, 11) is 0. The van der Waals surface area contributed by atoms with Crippen LogP contribution in [0.15, 0.2) is 64.2 Å². The largest absolute Gasteiger partial charge is 0.410 e. The molecule has 2 rings (SSSR count). The Hall–Kier alpha value is -1.58. The lowest BCUT2D eigenvalue weighted by Gasteiger charge is -2.00. The Bertz CT molecular complexity index is 603. The van der Waals surface area contributed by atoms with Gasteiger partial charge in [0.05, 0.1) is 0 Å². The van der Waals surface area contributed by atoms with Gasteiger partial charge in [0.15, 0.2) is 0 Å². The topological polar surface area (TPSA) is 32.6 Å². The lowest BCUT2D eigenvalue weighted by atomic mass is 10.1. The van der Waals surface area contributed by atoms with Gasteiger partial charge in [0.1, 0.15) is 5.71 Å². The van der Waals surface area contributed by atoms with Crippen molar-refractivity contribution in [3.8, 4) is 0 Å². The third-order valence-electron chi connectivity index (χ3n) is 2.55. The van der Waals surface area contributed by atoms with Gasteiger partial charge in [-0.3, -0.25) is 0 Å². The highest BCUT2D eigenvalue weighted by molar-refractivity contribution is 9.10. The Morgan fingerprint density at radius 1 is 1.05 bits per heavy atom. The third-order valence-corrected chi connectivity index (χ3v) is 3.33. The van der Waals surface area contributed by atoms with Crippen LogP contribution in [0.5, 0.6) is 0 Å². The SMILES string of the molecule is O/N=C(\C=C\c1ccc(Br)cc1)c1ccc(Cl)cc1. The van der Waals surface area contributed by atoms with Crippen LogP contribution in [0.1, 0.15) is 11.1 Å². The van der Waals surface area contributed by atoms with Crippen LogP contribution >= 0.6 is 27.5 Å². The molecule has 0 amide bonds. The van der Waals surface area contributed by atoms with Crippen LogP contribution in [-0.2, 0) is 0 Å². The van der Waals surface area contributed by atoms with Crippen LogP contribution in [-0.4, -0.2) is 10.9 Å². The smallest absolute Gasteiger partial charge is 0.109 e. The standard InChI is InChI=1S/C15H11BrClNO/c16-13-6-1-11(2-7-13)3-10-15(18-19)12-4-8-14(17)9-5-12/h1-10,19H/b10-3+,18-15+. The van der Waals surface area contributed by atoms with Crippen molar-refractivity contribution in [3.63, 3.8) is 0 Å². The molecule has 0 saturated heterocycles. The molecule has 0 bridgehead atoms. The third kappa shape index (κ3) is 3.94. The molecule has 2 nitrogen and oxygen atoms in total. The second-order valence-electron chi connectivity index (χ2n) is 3.88. The molecule has 0 aliphatic heterocycles. The minimum absolute atomic E-state index is 0.486. The molecule has 0 aliphatic carbocycles. The fourth-order valence-corrected chi connectivity index (χ4v) is 1.95. The molecule has 19 heavy (non-hydrogen) atoms. The van der Waals surface area contributed by atoms with Crippen molar-refractivity contribution in [2.75, 3.05) is 0 Å². The molecule has 2 aromatic carbocycles. The maximum Gasteiger partial charge on any atom is 0.109 e. The first-order valence-electron chi connectivity index (χ1n) is 5.60. The van der Waals surface area contributed by atoms with Crippen molar-refractivity contribution in [3.05, 3.63) is 75.2 Å². The summed E-state index contributed by atoms with van der Waals surface area (Å²) in [5.41, 5.74) is 2.32. The second kappa shape index (κ2) is 6.55. The van der Waals surface area contributed by atoms with E-state index in [9.17, 15) is 0 Å². The molecule has 0 saturated carbocycles. The van der Waals surface area contributed by atoms with Gasteiger partial charge in [-0.25, -0.2) is 0 Å². The quantitative estimate of drug-likeness (QED) is 0.478. The number of halogens is 2. The molecule has 0 atom stereocenters. The lowest BCUT2D eigenvalue weighted by Crippen LogP contribution is -1.95. The van der Waals surface area contributed by atoms with Gasteiger partial charge in [0.2, 0.25) is 0 Å². The molecule has 0 aromatic heterocycles. The Balaban J connectivity index is 2.20. The van der Waals surface area contributed by atoms with E-state index in [1.807, 2.05) is 42.5 Å². The van der Waals surface area contributed by atoms with Gasteiger partial charge in [-0.1, -0.05) is 63.0 Å². The predicted molar refractivity (Wildman–Crippen MR) is 83.0 cm³/mol. The van der Waals surface area contributed by atoms with E-state index in [0.29, 0.717) is 10.7 Å². The van der Waals surface area contributed by atoms with Gasteiger partial charge in [0.25, 0.3) is 0 Å². The maximum atomic E-state index is 9.07. The second-order valence-corrected chi connectivity index (χ2v) is 5.23. The molecule has 0 aliphatic rings. The normalized spacial score (nSPS) is 12.0. The molecule has 4 heteroatoms. The Kier molecular flexibility index (Phi) is 4.77. The van der Waals surface area contributed by atoms with E-state index in [1.165, 1.54) is 0 Å². The highest BCUT2D eigenvalue weighted by Crippen LogP contribution is 2.14. The molecule has 0 spiro atoms. The Morgan fingerprint density at radius 2 is 1.68 bits per heavy atom. The number of allylic oxidation sites excluding steroid dienone is 1. The van der Waals surface area contributed by atoms with Gasteiger partial charge in [-0.2, -0.15) is 0 Å². The number of nitrogens with zero attached hydrogens (tertiary/aromatic N) is 1. The zero-order chi connectivity index (χ0) is 13.7. The fourth-order valence-electron chi connectivity index (χ4n) is 1.56. The van der Waals surface area contributed by atoms with E-state index < -0.39 is 0 Å². The fraction of sp³-hybridized carbons (Fsp3) is 0. The monoisotopic (exact) mass is 335 g/mol. The van der Waals surface area contributed by atoms with Gasteiger partial charge in [-0.15, -0.1) is 0 Å². The Morgan fingerprint density at radius 3 is 2.26 bits per heavy atom. The van der Waals surface area contributed by atoms with Crippen molar-refractivity contribution in [1.82, 2.24) is 0 Å². The van der Waals surface area contributed by atoms with Crippen LogP contribution in [0, 0.1) is 0 Å². The van der Waals surface area contributed by atoms with Crippen LogP contribution in [0.3, 0.4) is 0 Å². The van der Waals surface area contributed by atoms with Crippen LogP contribution in [0.4, 0.5) is 0 Å². The zero-order valence-electron chi connectivity index (χ0n) is 9.92. The minimum Gasteiger partial charge on any atom is -0.410 e. The van der Waals surface area contributed by atoms with Crippen molar-refractivity contribution in [2.45, 2.75) is 0 Å². The molecule has 0 radical (unpaired) electrons. The van der Waals surface area contributed by atoms with Gasteiger partial charge in [0, 0.05) is 15.1 Å². The van der Waals surface area contributed by atoms with E-state index in [4.69, 9.17) is 16.8 Å². The molecule has 2 aromatic rings.